The van der Waals surface area contributed by atoms with Gasteiger partial charge in [-0.25, -0.2) is 0 Å². The monoisotopic (exact) mass is 296 g/mol. The summed E-state index contributed by atoms with van der Waals surface area (Å²) in [6.45, 7) is 2.68. The Labute approximate surface area is 128 Å². The summed E-state index contributed by atoms with van der Waals surface area (Å²) in [5, 5.41) is 3.08. The number of carbonyl (C=O) groups is 2. The maximum Gasteiger partial charge on any atom is 0.263 e. The van der Waals surface area contributed by atoms with E-state index in [2.05, 4.69) is 5.32 Å². The van der Waals surface area contributed by atoms with Crippen LogP contribution in [0.5, 0.6) is 5.75 Å². The van der Waals surface area contributed by atoms with Crippen molar-refractivity contribution < 1.29 is 14.3 Å². The van der Waals surface area contributed by atoms with Gasteiger partial charge in [-0.05, 0) is 43.3 Å². The highest BCUT2D eigenvalue weighted by molar-refractivity contribution is 6.21. The Hall–Kier alpha value is -2.82. The fraction of sp³-hybridized carbons (Fsp3) is 0.176. The van der Waals surface area contributed by atoms with Crippen molar-refractivity contribution in [1.29, 1.82) is 0 Å². The normalized spacial score (nSPS) is 13.2. The largest absolute Gasteiger partial charge is 0.494 e. The van der Waals surface area contributed by atoms with E-state index in [1.54, 1.807) is 24.3 Å². The van der Waals surface area contributed by atoms with Gasteiger partial charge in [0, 0.05) is 5.69 Å². The lowest BCUT2D eigenvalue weighted by Gasteiger charge is -2.15. The number of fused-ring (bicyclic) bond motifs is 1. The van der Waals surface area contributed by atoms with Crippen LogP contribution >= 0.6 is 0 Å². The lowest BCUT2D eigenvalue weighted by molar-refractivity contribution is 0.0666. The topological polar surface area (TPSA) is 58.6 Å². The second-order valence-electron chi connectivity index (χ2n) is 4.88. The highest BCUT2D eigenvalue weighted by Crippen LogP contribution is 2.22. The summed E-state index contributed by atoms with van der Waals surface area (Å²) in [6.07, 6.45) is 0. The summed E-state index contributed by atoms with van der Waals surface area (Å²) in [4.78, 5) is 25.6. The van der Waals surface area contributed by atoms with Gasteiger partial charge in [0.15, 0.2) is 0 Å². The van der Waals surface area contributed by atoms with Crippen molar-refractivity contribution in [3.05, 3.63) is 59.7 Å². The van der Waals surface area contributed by atoms with Gasteiger partial charge < -0.3 is 10.1 Å². The maximum atomic E-state index is 12.2. The van der Waals surface area contributed by atoms with Crippen LogP contribution in [-0.4, -0.2) is 30.0 Å². The van der Waals surface area contributed by atoms with Crippen LogP contribution < -0.4 is 10.1 Å². The van der Waals surface area contributed by atoms with Gasteiger partial charge in [0.25, 0.3) is 11.8 Å². The Bertz CT molecular complexity index is 675. The van der Waals surface area contributed by atoms with E-state index in [1.807, 2.05) is 31.2 Å². The van der Waals surface area contributed by atoms with Crippen LogP contribution in [-0.2, 0) is 0 Å². The van der Waals surface area contributed by atoms with Gasteiger partial charge in [0.05, 0.1) is 24.4 Å². The average Bonchev–Trinajstić information content (AvgIpc) is 2.79. The van der Waals surface area contributed by atoms with E-state index in [0.29, 0.717) is 17.7 Å². The summed E-state index contributed by atoms with van der Waals surface area (Å²) in [6, 6.07) is 14.2. The zero-order chi connectivity index (χ0) is 15.5. The van der Waals surface area contributed by atoms with E-state index in [1.165, 1.54) is 4.90 Å². The van der Waals surface area contributed by atoms with Gasteiger partial charge in [0.1, 0.15) is 5.75 Å². The van der Waals surface area contributed by atoms with Crippen molar-refractivity contribution in [3.63, 3.8) is 0 Å². The van der Waals surface area contributed by atoms with Gasteiger partial charge in [0.2, 0.25) is 0 Å². The van der Waals surface area contributed by atoms with Crippen LogP contribution in [0.1, 0.15) is 27.6 Å². The van der Waals surface area contributed by atoms with Gasteiger partial charge >= 0.3 is 0 Å². The van der Waals surface area contributed by atoms with Crippen LogP contribution in [0.4, 0.5) is 5.69 Å². The Morgan fingerprint density at radius 2 is 1.55 bits per heavy atom. The molecular formula is C17H16N2O3. The van der Waals surface area contributed by atoms with Crippen molar-refractivity contribution in [2.75, 3.05) is 18.6 Å². The summed E-state index contributed by atoms with van der Waals surface area (Å²) in [5.41, 5.74) is 1.74. The van der Waals surface area contributed by atoms with Gasteiger partial charge in [-0.3, -0.25) is 14.5 Å². The van der Waals surface area contributed by atoms with E-state index in [9.17, 15) is 9.59 Å². The summed E-state index contributed by atoms with van der Waals surface area (Å²) in [5.74, 6) is 0.256. The molecule has 1 aliphatic heterocycles. The molecule has 5 nitrogen and oxygen atoms in total. The first-order chi connectivity index (χ1) is 10.7. The fourth-order valence-corrected chi connectivity index (χ4v) is 2.39. The minimum Gasteiger partial charge on any atom is -0.494 e. The average molecular weight is 296 g/mol. The number of nitrogens with zero attached hydrogens (tertiary/aromatic N) is 1. The number of ether oxygens (including phenoxy) is 1. The zero-order valence-corrected chi connectivity index (χ0v) is 12.2. The van der Waals surface area contributed by atoms with Gasteiger partial charge in [-0.1, -0.05) is 12.1 Å². The molecule has 1 N–H and O–H groups in total. The number of carbonyl (C=O) groups excluding carboxylic acids is 2. The molecule has 0 radical (unpaired) electrons. The van der Waals surface area contributed by atoms with Crippen LogP contribution in [0.15, 0.2) is 48.5 Å². The molecule has 1 aliphatic rings. The van der Waals surface area contributed by atoms with Gasteiger partial charge in [-0.15, -0.1) is 0 Å². The molecule has 2 amide bonds. The number of imide groups is 1. The molecule has 0 saturated heterocycles. The first-order valence-corrected chi connectivity index (χ1v) is 7.12. The Morgan fingerprint density at radius 1 is 0.955 bits per heavy atom. The molecule has 0 aromatic heterocycles. The van der Waals surface area contributed by atoms with E-state index >= 15 is 0 Å². The zero-order valence-electron chi connectivity index (χ0n) is 12.2. The van der Waals surface area contributed by atoms with E-state index in [-0.39, 0.29) is 18.5 Å². The van der Waals surface area contributed by atoms with Crippen LogP contribution in [0.25, 0.3) is 0 Å². The quantitative estimate of drug-likeness (QED) is 0.862. The molecule has 0 aliphatic carbocycles. The second kappa shape index (κ2) is 5.89. The maximum absolute atomic E-state index is 12.2. The van der Waals surface area contributed by atoms with Crippen molar-refractivity contribution in [2.45, 2.75) is 6.92 Å². The SMILES string of the molecule is CCOc1ccc(NCN2C(=O)c3ccccc3C2=O)cc1. The molecule has 3 rings (SSSR count). The molecule has 0 unspecified atom stereocenters. The van der Waals surface area contributed by atoms with Gasteiger partial charge in [-0.2, -0.15) is 0 Å². The molecule has 22 heavy (non-hydrogen) atoms. The third-order valence-electron chi connectivity index (χ3n) is 3.48. The highest BCUT2D eigenvalue weighted by atomic mass is 16.5. The van der Waals surface area contributed by atoms with E-state index < -0.39 is 0 Å². The lowest BCUT2D eigenvalue weighted by atomic mass is 10.1. The number of hydrogen-bond donors (Lipinski definition) is 1. The number of rotatable bonds is 5. The van der Waals surface area contributed by atoms with Crippen molar-refractivity contribution in [2.24, 2.45) is 0 Å². The molecule has 0 spiro atoms. The lowest BCUT2D eigenvalue weighted by Crippen LogP contribution is -2.34. The third-order valence-corrected chi connectivity index (χ3v) is 3.48. The Kier molecular flexibility index (Phi) is 3.78. The van der Waals surface area contributed by atoms with E-state index in [4.69, 9.17) is 4.74 Å². The molecule has 0 fully saturated rings. The molecule has 2 aromatic rings. The van der Waals surface area contributed by atoms with E-state index in [0.717, 1.165) is 11.4 Å². The predicted molar refractivity (Wildman–Crippen MR) is 83.0 cm³/mol. The third kappa shape index (κ3) is 2.53. The standard InChI is InChI=1S/C17H16N2O3/c1-2-22-13-9-7-12(8-10-13)18-11-19-16(20)14-5-3-4-6-15(14)17(19)21/h3-10,18H,2,11H2,1H3. The minimum atomic E-state index is -0.265. The summed E-state index contributed by atoms with van der Waals surface area (Å²) >= 11 is 0. The second-order valence-corrected chi connectivity index (χ2v) is 4.88. The summed E-state index contributed by atoms with van der Waals surface area (Å²) < 4.78 is 5.37. The molecule has 0 saturated carbocycles. The molecule has 0 atom stereocenters. The molecular weight excluding hydrogens is 280 g/mol. The molecule has 1 heterocycles. The summed E-state index contributed by atoms with van der Waals surface area (Å²) in [7, 11) is 0. The molecule has 2 aromatic carbocycles. The van der Waals surface area contributed by atoms with Crippen molar-refractivity contribution >= 4 is 17.5 Å². The number of amides is 2. The Morgan fingerprint density at radius 3 is 2.09 bits per heavy atom. The number of nitrogens with one attached hydrogen (secondary N) is 1. The molecule has 5 heteroatoms. The van der Waals surface area contributed by atoms with Crippen LogP contribution in [0.3, 0.4) is 0 Å². The molecule has 112 valence electrons. The number of benzene rings is 2. The first-order valence-electron chi connectivity index (χ1n) is 7.12. The highest BCUT2D eigenvalue weighted by Gasteiger charge is 2.34. The van der Waals surface area contributed by atoms with Crippen molar-refractivity contribution in [3.8, 4) is 5.75 Å². The Balaban J connectivity index is 1.67. The predicted octanol–water partition coefficient (Wildman–Crippen LogP) is 2.75. The fourth-order valence-electron chi connectivity index (χ4n) is 2.39. The number of hydrogen-bond acceptors (Lipinski definition) is 4. The molecule has 0 bridgehead atoms. The minimum absolute atomic E-state index is 0.139. The van der Waals surface area contributed by atoms with Crippen LogP contribution in [0, 0.1) is 0 Å². The smallest absolute Gasteiger partial charge is 0.263 e. The van der Waals surface area contributed by atoms with Crippen molar-refractivity contribution in [1.82, 2.24) is 4.90 Å². The first kappa shape index (κ1) is 14.1. The van der Waals surface area contributed by atoms with Crippen LogP contribution in [0.2, 0.25) is 0 Å². The number of anilines is 1.